The summed E-state index contributed by atoms with van der Waals surface area (Å²) in [6.45, 7) is 3.08. The van der Waals surface area contributed by atoms with Crippen molar-refractivity contribution in [3.05, 3.63) is 35.4 Å². The first-order valence-electron chi connectivity index (χ1n) is 5.11. The molecule has 15 heavy (non-hydrogen) atoms. The van der Waals surface area contributed by atoms with Crippen molar-refractivity contribution < 1.29 is 9.50 Å². The molecule has 3 heteroatoms. The Balaban J connectivity index is 2.92. The average molecular weight is 211 g/mol. The lowest BCUT2D eigenvalue weighted by atomic mass is 9.95. The summed E-state index contributed by atoms with van der Waals surface area (Å²) in [7, 11) is 0. The second-order valence-corrected chi connectivity index (χ2v) is 4.22. The maximum atomic E-state index is 13.7. The van der Waals surface area contributed by atoms with Crippen LogP contribution in [0.25, 0.3) is 0 Å². The van der Waals surface area contributed by atoms with Gasteiger partial charge in [-0.05, 0) is 31.4 Å². The fourth-order valence-electron chi connectivity index (χ4n) is 1.44. The fraction of sp³-hybridized carbons (Fsp3) is 0.500. The first-order valence-corrected chi connectivity index (χ1v) is 5.11. The third-order valence-corrected chi connectivity index (χ3v) is 2.44. The summed E-state index contributed by atoms with van der Waals surface area (Å²) in [5.74, 6) is 0. The van der Waals surface area contributed by atoms with E-state index in [1.54, 1.807) is 18.2 Å². The first kappa shape index (κ1) is 12.1. The Hall–Kier alpha value is -0.930. The van der Waals surface area contributed by atoms with Gasteiger partial charge in [-0.25, -0.2) is 4.39 Å². The SMILES string of the molecule is CC(C)(F)c1cccc(C(N)CCO)c1. The van der Waals surface area contributed by atoms with Crippen LogP contribution >= 0.6 is 0 Å². The van der Waals surface area contributed by atoms with Gasteiger partial charge in [0, 0.05) is 12.6 Å². The molecule has 1 aromatic rings. The van der Waals surface area contributed by atoms with E-state index in [1.165, 1.54) is 13.8 Å². The highest BCUT2D eigenvalue weighted by Gasteiger charge is 2.19. The van der Waals surface area contributed by atoms with Crippen molar-refractivity contribution in [2.45, 2.75) is 32.0 Å². The Labute approximate surface area is 89.9 Å². The van der Waals surface area contributed by atoms with E-state index in [2.05, 4.69) is 0 Å². The van der Waals surface area contributed by atoms with Gasteiger partial charge in [0.25, 0.3) is 0 Å². The van der Waals surface area contributed by atoms with E-state index < -0.39 is 5.67 Å². The Kier molecular flexibility index (Phi) is 3.83. The van der Waals surface area contributed by atoms with Crippen LogP contribution in [0.5, 0.6) is 0 Å². The molecule has 0 amide bonds. The summed E-state index contributed by atoms with van der Waals surface area (Å²) in [5, 5.41) is 8.77. The number of aliphatic hydroxyl groups is 1. The third-order valence-electron chi connectivity index (χ3n) is 2.44. The van der Waals surface area contributed by atoms with Crippen molar-refractivity contribution in [1.82, 2.24) is 0 Å². The average Bonchev–Trinajstić information content (AvgIpc) is 2.17. The zero-order valence-electron chi connectivity index (χ0n) is 9.20. The lowest BCUT2D eigenvalue weighted by Crippen LogP contribution is -2.14. The van der Waals surface area contributed by atoms with Crippen LogP contribution in [0.2, 0.25) is 0 Å². The molecule has 1 rings (SSSR count). The Morgan fingerprint density at radius 2 is 2.13 bits per heavy atom. The molecule has 84 valence electrons. The second-order valence-electron chi connectivity index (χ2n) is 4.22. The van der Waals surface area contributed by atoms with Gasteiger partial charge in [0.2, 0.25) is 0 Å². The normalized spacial score (nSPS) is 13.9. The van der Waals surface area contributed by atoms with E-state index in [0.717, 1.165) is 5.56 Å². The van der Waals surface area contributed by atoms with Gasteiger partial charge in [-0.1, -0.05) is 24.3 Å². The summed E-state index contributed by atoms with van der Waals surface area (Å²) in [4.78, 5) is 0. The van der Waals surface area contributed by atoms with Crippen LogP contribution in [0.3, 0.4) is 0 Å². The zero-order valence-corrected chi connectivity index (χ0v) is 9.20. The minimum Gasteiger partial charge on any atom is -0.396 e. The maximum absolute atomic E-state index is 13.7. The highest BCUT2D eigenvalue weighted by Crippen LogP contribution is 2.26. The highest BCUT2D eigenvalue weighted by molar-refractivity contribution is 5.29. The molecular weight excluding hydrogens is 193 g/mol. The largest absolute Gasteiger partial charge is 0.396 e. The van der Waals surface area contributed by atoms with Crippen LogP contribution < -0.4 is 5.73 Å². The van der Waals surface area contributed by atoms with Crippen molar-refractivity contribution in [3.8, 4) is 0 Å². The summed E-state index contributed by atoms with van der Waals surface area (Å²) < 4.78 is 13.7. The van der Waals surface area contributed by atoms with Crippen LogP contribution in [0.4, 0.5) is 4.39 Å². The molecule has 0 spiro atoms. The van der Waals surface area contributed by atoms with Gasteiger partial charge in [0.05, 0.1) is 0 Å². The van der Waals surface area contributed by atoms with Crippen LogP contribution in [-0.4, -0.2) is 11.7 Å². The Morgan fingerprint density at radius 3 is 2.67 bits per heavy atom. The van der Waals surface area contributed by atoms with E-state index in [1.807, 2.05) is 6.07 Å². The van der Waals surface area contributed by atoms with E-state index in [9.17, 15) is 4.39 Å². The molecule has 1 aromatic carbocycles. The molecule has 0 fully saturated rings. The lowest BCUT2D eigenvalue weighted by Gasteiger charge is -2.17. The van der Waals surface area contributed by atoms with Crippen LogP contribution in [0.1, 0.15) is 37.4 Å². The van der Waals surface area contributed by atoms with Gasteiger partial charge >= 0.3 is 0 Å². The van der Waals surface area contributed by atoms with E-state index in [-0.39, 0.29) is 12.6 Å². The Bertz CT molecular complexity index is 320. The van der Waals surface area contributed by atoms with Crippen molar-refractivity contribution in [2.24, 2.45) is 5.73 Å². The van der Waals surface area contributed by atoms with E-state index >= 15 is 0 Å². The molecule has 0 heterocycles. The molecule has 2 nitrogen and oxygen atoms in total. The molecule has 0 aliphatic heterocycles. The lowest BCUT2D eigenvalue weighted by molar-refractivity contribution is 0.221. The second kappa shape index (κ2) is 4.73. The number of hydrogen-bond donors (Lipinski definition) is 2. The Morgan fingerprint density at radius 1 is 1.47 bits per heavy atom. The standard InChI is InChI=1S/C12H18FNO/c1-12(2,13)10-5-3-4-9(8-10)11(14)6-7-15/h3-5,8,11,15H,6-7,14H2,1-2H3. The molecule has 1 unspecified atom stereocenters. The molecule has 0 saturated carbocycles. The van der Waals surface area contributed by atoms with Gasteiger partial charge < -0.3 is 10.8 Å². The van der Waals surface area contributed by atoms with Gasteiger partial charge in [-0.3, -0.25) is 0 Å². The molecule has 0 aliphatic rings. The van der Waals surface area contributed by atoms with Crippen molar-refractivity contribution in [1.29, 1.82) is 0 Å². The maximum Gasteiger partial charge on any atom is 0.130 e. The van der Waals surface area contributed by atoms with Crippen molar-refractivity contribution >= 4 is 0 Å². The van der Waals surface area contributed by atoms with Crippen molar-refractivity contribution in [2.75, 3.05) is 6.61 Å². The molecule has 0 aliphatic carbocycles. The summed E-state index contributed by atoms with van der Waals surface area (Å²) >= 11 is 0. The summed E-state index contributed by atoms with van der Waals surface area (Å²) in [5.41, 5.74) is 5.97. The molecule has 0 aromatic heterocycles. The topological polar surface area (TPSA) is 46.2 Å². The molecular formula is C12H18FNO. The number of hydrogen-bond acceptors (Lipinski definition) is 2. The van der Waals surface area contributed by atoms with Gasteiger partial charge in [0.1, 0.15) is 5.67 Å². The third kappa shape index (κ3) is 3.29. The van der Waals surface area contributed by atoms with Crippen LogP contribution in [0, 0.1) is 0 Å². The number of nitrogens with two attached hydrogens (primary N) is 1. The van der Waals surface area contributed by atoms with Crippen molar-refractivity contribution in [3.63, 3.8) is 0 Å². The summed E-state index contributed by atoms with van der Waals surface area (Å²) in [6, 6.07) is 6.94. The minimum atomic E-state index is -1.35. The zero-order chi connectivity index (χ0) is 11.5. The number of halogens is 1. The minimum absolute atomic E-state index is 0.0460. The number of alkyl halides is 1. The van der Waals surface area contributed by atoms with Gasteiger partial charge in [-0.2, -0.15) is 0 Å². The van der Waals surface area contributed by atoms with Gasteiger partial charge in [0.15, 0.2) is 0 Å². The molecule has 0 saturated heterocycles. The fourth-order valence-corrected chi connectivity index (χ4v) is 1.44. The van der Waals surface area contributed by atoms with Crippen LogP contribution in [0.15, 0.2) is 24.3 Å². The predicted octanol–water partition coefficient (Wildman–Crippen LogP) is 2.27. The monoisotopic (exact) mass is 211 g/mol. The number of benzene rings is 1. The highest BCUT2D eigenvalue weighted by atomic mass is 19.1. The predicted molar refractivity (Wildman–Crippen MR) is 59.2 cm³/mol. The molecule has 3 N–H and O–H groups in total. The molecule has 0 radical (unpaired) electrons. The summed E-state index contributed by atoms with van der Waals surface area (Å²) in [6.07, 6.45) is 0.496. The van der Waals surface area contributed by atoms with E-state index in [0.29, 0.717) is 12.0 Å². The van der Waals surface area contributed by atoms with Gasteiger partial charge in [-0.15, -0.1) is 0 Å². The smallest absolute Gasteiger partial charge is 0.130 e. The molecule has 0 bridgehead atoms. The van der Waals surface area contributed by atoms with Crippen LogP contribution in [-0.2, 0) is 5.67 Å². The quantitative estimate of drug-likeness (QED) is 0.802. The van der Waals surface area contributed by atoms with E-state index in [4.69, 9.17) is 10.8 Å². The number of aliphatic hydroxyl groups excluding tert-OH is 1. The number of rotatable bonds is 4. The molecule has 1 atom stereocenters. The first-order chi connectivity index (χ1) is 6.95.